The Morgan fingerprint density at radius 3 is 2.20 bits per heavy atom. The first-order chi connectivity index (χ1) is 19.2. The van der Waals surface area contributed by atoms with E-state index in [1.165, 1.54) is 12.1 Å². The lowest BCUT2D eigenvalue weighted by Gasteiger charge is -2.22. The van der Waals surface area contributed by atoms with Crippen molar-refractivity contribution in [3.8, 4) is 11.5 Å². The number of esters is 1. The lowest BCUT2D eigenvalue weighted by molar-refractivity contribution is -0.307. The van der Waals surface area contributed by atoms with Crippen LogP contribution in [0.2, 0.25) is 0 Å². The first-order valence-electron chi connectivity index (χ1n) is 12.4. The predicted molar refractivity (Wildman–Crippen MR) is 139 cm³/mol. The molecule has 0 radical (unpaired) electrons. The Hall–Kier alpha value is -3.38. The number of hydrogen-bond donors (Lipinski definition) is 0. The molecule has 0 fully saturated rings. The van der Waals surface area contributed by atoms with Gasteiger partial charge >= 0.3 is 18.3 Å². The molecular formula is C29H27F6O5S+. The predicted octanol–water partition coefficient (Wildman–Crippen LogP) is 7.17. The summed E-state index contributed by atoms with van der Waals surface area (Å²) >= 11 is 0. The lowest BCUT2D eigenvalue weighted by Crippen LogP contribution is -2.45. The summed E-state index contributed by atoms with van der Waals surface area (Å²) in [6, 6.07) is 18.2. The van der Waals surface area contributed by atoms with Gasteiger partial charge in [-0.25, -0.2) is 4.79 Å². The minimum atomic E-state index is -5.82. The molecule has 0 N–H and O–H groups in total. The number of carbonyl (C=O) groups is 1. The third-order valence-corrected chi connectivity index (χ3v) is 8.16. The minimum Gasteiger partial charge on any atom is -0.487 e. The highest BCUT2D eigenvalue weighted by Gasteiger charge is 2.60. The molecule has 0 saturated carbocycles. The molecule has 0 aliphatic carbocycles. The van der Waals surface area contributed by atoms with E-state index < -0.39 is 46.5 Å². The van der Waals surface area contributed by atoms with Gasteiger partial charge in [0.15, 0.2) is 26.2 Å². The van der Waals surface area contributed by atoms with Gasteiger partial charge in [-0.1, -0.05) is 24.3 Å². The van der Waals surface area contributed by atoms with Crippen LogP contribution in [0.15, 0.2) is 81.4 Å². The van der Waals surface area contributed by atoms with Gasteiger partial charge in [0.1, 0.15) is 12.2 Å². The van der Waals surface area contributed by atoms with Crippen molar-refractivity contribution in [1.29, 1.82) is 0 Å². The summed E-state index contributed by atoms with van der Waals surface area (Å²) < 4.78 is 99.3. The Bertz CT molecular complexity index is 1360. The van der Waals surface area contributed by atoms with E-state index >= 15 is 0 Å². The number of alkyl halides is 6. The molecule has 3 aromatic rings. The highest BCUT2D eigenvalue weighted by molar-refractivity contribution is 7.97. The molecule has 1 atom stereocenters. The molecule has 1 aliphatic rings. The Morgan fingerprint density at radius 2 is 1.56 bits per heavy atom. The van der Waals surface area contributed by atoms with Gasteiger partial charge in [0.05, 0.1) is 23.1 Å². The number of ether oxygens (including phenoxy) is 4. The second-order valence-corrected chi connectivity index (χ2v) is 11.8. The van der Waals surface area contributed by atoms with Gasteiger partial charge < -0.3 is 18.9 Å². The van der Waals surface area contributed by atoms with Crippen molar-refractivity contribution >= 4 is 16.9 Å². The summed E-state index contributed by atoms with van der Waals surface area (Å²) in [6.07, 6.45) is -15.3. The van der Waals surface area contributed by atoms with Crippen molar-refractivity contribution in [3.05, 3.63) is 77.9 Å². The van der Waals surface area contributed by atoms with Crippen LogP contribution in [0.4, 0.5) is 26.3 Å². The maximum absolute atomic E-state index is 13.0. The SMILES string of the molecule is COCCOc1cc([S+](c2ccccc2)c2cccc(C(=O)OC(C(F)(F)F)C(F)(F)F)c2)cc2c1OC(C)(C)C2. The summed E-state index contributed by atoms with van der Waals surface area (Å²) in [6.45, 7) is 4.45. The first-order valence-corrected chi connectivity index (χ1v) is 13.6. The van der Waals surface area contributed by atoms with Crippen LogP contribution in [0.25, 0.3) is 0 Å². The molecule has 12 heteroatoms. The number of carbonyl (C=O) groups excluding carboxylic acids is 1. The van der Waals surface area contributed by atoms with Gasteiger partial charge in [-0.15, -0.1) is 0 Å². The molecular weight excluding hydrogens is 574 g/mol. The maximum atomic E-state index is 13.0. The summed E-state index contributed by atoms with van der Waals surface area (Å²) in [7, 11) is 0.600. The molecule has 0 bridgehead atoms. The third kappa shape index (κ3) is 7.28. The average molecular weight is 602 g/mol. The van der Waals surface area contributed by atoms with Gasteiger partial charge in [0.2, 0.25) is 0 Å². The van der Waals surface area contributed by atoms with Crippen LogP contribution in [0.5, 0.6) is 11.5 Å². The smallest absolute Gasteiger partial charge is 0.434 e. The molecule has 41 heavy (non-hydrogen) atoms. The highest BCUT2D eigenvalue weighted by Crippen LogP contribution is 2.46. The normalized spacial score (nSPS) is 15.3. The van der Waals surface area contributed by atoms with Gasteiger partial charge in [-0.2, -0.15) is 26.3 Å². The number of benzene rings is 3. The number of hydrogen-bond acceptors (Lipinski definition) is 5. The van der Waals surface area contributed by atoms with E-state index in [0.717, 1.165) is 21.4 Å². The van der Waals surface area contributed by atoms with Gasteiger partial charge in [0.25, 0.3) is 6.10 Å². The molecule has 4 rings (SSSR count). The molecule has 1 unspecified atom stereocenters. The third-order valence-electron chi connectivity index (χ3n) is 5.98. The zero-order valence-electron chi connectivity index (χ0n) is 22.3. The fourth-order valence-corrected chi connectivity index (χ4v) is 6.51. The first kappa shape index (κ1) is 30.6. The van der Waals surface area contributed by atoms with E-state index in [0.29, 0.717) is 29.4 Å². The van der Waals surface area contributed by atoms with E-state index in [1.54, 1.807) is 31.4 Å². The van der Waals surface area contributed by atoms with Crippen LogP contribution in [-0.4, -0.2) is 50.4 Å². The van der Waals surface area contributed by atoms with Crippen molar-refractivity contribution in [3.63, 3.8) is 0 Å². The zero-order valence-corrected chi connectivity index (χ0v) is 23.1. The van der Waals surface area contributed by atoms with Gasteiger partial charge in [0, 0.05) is 37.3 Å². The molecule has 220 valence electrons. The average Bonchev–Trinajstić information content (AvgIpc) is 3.21. The number of methoxy groups -OCH3 is 1. The van der Waals surface area contributed by atoms with Crippen molar-refractivity contribution in [2.75, 3.05) is 20.3 Å². The molecule has 1 heterocycles. The van der Waals surface area contributed by atoms with Gasteiger partial charge in [-0.3, -0.25) is 0 Å². The van der Waals surface area contributed by atoms with Crippen LogP contribution in [0, 0.1) is 0 Å². The number of rotatable bonds is 9. The fraction of sp³-hybridized carbons (Fsp3) is 0.345. The lowest BCUT2D eigenvalue weighted by atomic mass is 10.0. The fourth-order valence-electron chi connectivity index (χ4n) is 4.32. The monoisotopic (exact) mass is 601 g/mol. The second kappa shape index (κ2) is 11.8. The molecule has 5 nitrogen and oxygen atoms in total. The van der Waals surface area contributed by atoms with Crippen molar-refractivity contribution in [2.24, 2.45) is 0 Å². The van der Waals surface area contributed by atoms with Crippen LogP contribution >= 0.6 is 0 Å². The van der Waals surface area contributed by atoms with Crippen LogP contribution in [0.1, 0.15) is 29.8 Å². The Morgan fingerprint density at radius 1 is 0.902 bits per heavy atom. The maximum Gasteiger partial charge on any atom is 0.434 e. The number of fused-ring (bicyclic) bond motifs is 1. The van der Waals surface area contributed by atoms with E-state index in [-0.39, 0.29) is 6.61 Å². The van der Waals surface area contributed by atoms with E-state index in [1.807, 2.05) is 38.1 Å². The van der Waals surface area contributed by atoms with Crippen LogP contribution < -0.4 is 9.47 Å². The minimum absolute atomic E-state index is 0.246. The van der Waals surface area contributed by atoms with E-state index in [9.17, 15) is 31.1 Å². The Kier molecular flexibility index (Phi) is 8.84. The van der Waals surface area contributed by atoms with E-state index in [2.05, 4.69) is 4.74 Å². The highest BCUT2D eigenvalue weighted by atomic mass is 32.2. The van der Waals surface area contributed by atoms with E-state index in [4.69, 9.17) is 14.2 Å². The summed E-state index contributed by atoms with van der Waals surface area (Å²) in [4.78, 5) is 14.6. The van der Waals surface area contributed by atoms with Crippen LogP contribution in [-0.2, 0) is 26.8 Å². The Balaban J connectivity index is 1.78. The van der Waals surface area contributed by atoms with Crippen molar-refractivity contribution in [2.45, 2.75) is 59.0 Å². The second-order valence-electron chi connectivity index (χ2n) is 9.81. The molecule has 0 aromatic heterocycles. The van der Waals surface area contributed by atoms with Gasteiger partial charge in [-0.05, 0) is 38.1 Å². The quantitative estimate of drug-likeness (QED) is 0.113. The molecule has 0 spiro atoms. The molecule has 1 aliphatic heterocycles. The summed E-state index contributed by atoms with van der Waals surface area (Å²) in [5.41, 5.74) is -0.0678. The van der Waals surface area contributed by atoms with Crippen molar-refractivity contribution in [1.82, 2.24) is 0 Å². The molecule has 0 saturated heterocycles. The van der Waals surface area contributed by atoms with Crippen LogP contribution in [0.3, 0.4) is 0 Å². The summed E-state index contributed by atoms with van der Waals surface area (Å²) in [5.74, 6) is -0.674. The Labute approximate surface area is 235 Å². The largest absolute Gasteiger partial charge is 0.487 e. The standard InChI is InChI=1S/C29H27F6O5S/c1-27(2)17-19-15-22(16-23(24(19)40-27)38-13-12-37-3)41(20-9-5-4-6-10-20)21-11-7-8-18(14-21)25(36)39-26(28(30,31)32)29(33,34)35/h4-11,14-16,26H,12-13,17H2,1-3H3/q+1. The molecule has 0 amide bonds. The van der Waals surface area contributed by atoms with Crippen molar-refractivity contribution < 1.29 is 50.1 Å². The zero-order chi connectivity index (χ0) is 30.0. The summed E-state index contributed by atoms with van der Waals surface area (Å²) in [5, 5.41) is 0. The number of halogens is 6. The topological polar surface area (TPSA) is 54.0 Å². The molecule has 3 aromatic carbocycles.